The summed E-state index contributed by atoms with van der Waals surface area (Å²) in [5.41, 5.74) is 0. The molecule has 22 heavy (non-hydrogen) atoms. The number of likely N-dealkylation sites (tertiary alicyclic amines) is 1. The van der Waals surface area contributed by atoms with Crippen LogP contribution >= 0.6 is 22.7 Å². The zero-order valence-electron chi connectivity index (χ0n) is 12.9. The Morgan fingerprint density at radius 2 is 2.41 bits per heavy atom. The molecule has 3 heterocycles. The number of nitrogens with one attached hydrogen (secondary N) is 1. The van der Waals surface area contributed by atoms with E-state index in [2.05, 4.69) is 22.1 Å². The van der Waals surface area contributed by atoms with Gasteiger partial charge in [-0.05, 0) is 30.7 Å². The Morgan fingerprint density at radius 1 is 1.55 bits per heavy atom. The molecule has 4 nitrogen and oxygen atoms in total. The van der Waals surface area contributed by atoms with Gasteiger partial charge in [-0.2, -0.15) is 0 Å². The van der Waals surface area contributed by atoms with Gasteiger partial charge in [-0.1, -0.05) is 13.0 Å². The first-order chi connectivity index (χ1) is 10.6. The number of hydrogen-bond donors (Lipinski definition) is 1. The standard InChI is InChI=1S/C16H21N3OS2/c1-11-9-19(10-13-8-17-12(2)22-13)6-5-14(11)18-16(20)15-4-3-7-21-15/h3-4,7-8,11,14H,5-6,9-10H2,1-2H3,(H,18,20)/t11-,14-/m0/s1. The fraction of sp³-hybridized carbons (Fsp3) is 0.500. The highest BCUT2D eigenvalue weighted by molar-refractivity contribution is 7.12. The molecule has 0 aromatic carbocycles. The topological polar surface area (TPSA) is 45.2 Å². The second kappa shape index (κ2) is 6.89. The molecular weight excluding hydrogens is 314 g/mol. The molecule has 1 saturated heterocycles. The highest BCUT2D eigenvalue weighted by atomic mass is 32.1. The number of aromatic nitrogens is 1. The van der Waals surface area contributed by atoms with Crippen LogP contribution < -0.4 is 5.32 Å². The van der Waals surface area contributed by atoms with Crippen molar-refractivity contribution in [1.29, 1.82) is 0 Å². The first kappa shape index (κ1) is 15.6. The number of rotatable bonds is 4. The van der Waals surface area contributed by atoms with Crippen molar-refractivity contribution < 1.29 is 4.79 Å². The Bertz CT molecular complexity index is 623. The molecule has 1 aliphatic rings. The summed E-state index contributed by atoms with van der Waals surface area (Å²) in [5, 5.41) is 6.26. The maximum absolute atomic E-state index is 12.2. The van der Waals surface area contributed by atoms with Crippen LogP contribution in [0.3, 0.4) is 0 Å². The number of nitrogens with zero attached hydrogens (tertiary/aromatic N) is 2. The predicted molar refractivity (Wildman–Crippen MR) is 91.5 cm³/mol. The van der Waals surface area contributed by atoms with Gasteiger partial charge in [0.1, 0.15) is 0 Å². The fourth-order valence-electron chi connectivity index (χ4n) is 2.94. The van der Waals surface area contributed by atoms with E-state index >= 15 is 0 Å². The molecular formula is C16H21N3OS2. The van der Waals surface area contributed by atoms with Crippen LogP contribution in [0.1, 0.15) is 32.9 Å². The monoisotopic (exact) mass is 335 g/mol. The average molecular weight is 335 g/mol. The highest BCUT2D eigenvalue weighted by Gasteiger charge is 2.27. The minimum absolute atomic E-state index is 0.0679. The Hall–Kier alpha value is -1.24. The van der Waals surface area contributed by atoms with Crippen LogP contribution in [0.15, 0.2) is 23.7 Å². The van der Waals surface area contributed by atoms with E-state index in [1.807, 2.05) is 30.6 Å². The summed E-state index contributed by atoms with van der Waals surface area (Å²) in [6, 6.07) is 4.07. The van der Waals surface area contributed by atoms with Gasteiger partial charge in [0.15, 0.2) is 0 Å². The second-order valence-corrected chi connectivity index (χ2v) is 8.17. The molecule has 6 heteroatoms. The lowest BCUT2D eigenvalue weighted by atomic mass is 9.93. The number of carbonyl (C=O) groups is 1. The van der Waals surface area contributed by atoms with Gasteiger partial charge < -0.3 is 5.32 Å². The van der Waals surface area contributed by atoms with E-state index in [9.17, 15) is 4.79 Å². The van der Waals surface area contributed by atoms with Crippen molar-refractivity contribution in [2.45, 2.75) is 32.9 Å². The van der Waals surface area contributed by atoms with E-state index in [1.54, 1.807) is 11.3 Å². The predicted octanol–water partition coefficient (Wildman–Crippen LogP) is 3.15. The molecule has 0 unspecified atom stereocenters. The number of thiazole rings is 1. The van der Waals surface area contributed by atoms with Crippen molar-refractivity contribution in [2.75, 3.05) is 13.1 Å². The number of thiophene rings is 1. The van der Waals surface area contributed by atoms with Gasteiger partial charge in [0.25, 0.3) is 5.91 Å². The van der Waals surface area contributed by atoms with E-state index in [4.69, 9.17) is 0 Å². The van der Waals surface area contributed by atoms with Crippen LogP contribution in [0.25, 0.3) is 0 Å². The van der Waals surface area contributed by atoms with Crippen molar-refractivity contribution in [3.63, 3.8) is 0 Å². The molecule has 3 rings (SSSR count). The van der Waals surface area contributed by atoms with Crippen LogP contribution in [-0.4, -0.2) is 34.9 Å². The zero-order chi connectivity index (χ0) is 15.5. The molecule has 118 valence electrons. The smallest absolute Gasteiger partial charge is 0.261 e. The third-order valence-electron chi connectivity index (χ3n) is 4.10. The lowest BCUT2D eigenvalue weighted by Crippen LogP contribution is -2.49. The van der Waals surface area contributed by atoms with Crippen LogP contribution in [0.5, 0.6) is 0 Å². The molecule has 1 aliphatic heterocycles. The third kappa shape index (κ3) is 3.74. The van der Waals surface area contributed by atoms with Crippen molar-refractivity contribution in [1.82, 2.24) is 15.2 Å². The Labute approximate surface area is 139 Å². The van der Waals surface area contributed by atoms with Crippen molar-refractivity contribution >= 4 is 28.6 Å². The Balaban J connectivity index is 1.52. The Morgan fingerprint density at radius 3 is 3.05 bits per heavy atom. The van der Waals surface area contributed by atoms with Gasteiger partial charge in [0.2, 0.25) is 0 Å². The summed E-state index contributed by atoms with van der Waals surface area (Å²) in [6.07, 6.45) is 2.99. The van der Waals surface area contributed by atoms with Crippen LogP contribution in [0.2, 0.25) is 0 Å². The number of aryl methyl sites for hydroxylation is 1. The van der Waals surface area contributed by atoms with Crippen LogP contribution in [0, 0.1) is 12.8 Å². The summed E-state index contributed by atoms with van der Waals surface area (Å²) in [6.45, 7) is 7.29. The fourth-order valence-corrected chi connectivity index (χ4v) is 4.40. The molecule has 1 amide bonds. The lowest BCUT2D eigenvalue weighted by molar-refractivity contribution is 0.0865. The lowest BCUT2D eigenvalue weighted by Gasteiger charge is -2.37. The summed E-state index contributed by atoms with van der Waals surface area (Å²) < 4.78 is 0. The zero-order valence-corrected chi connectivity index (χ0v) is 14.5. The van der Waals surface area contributed by atoms with Gasteiger partial charge in [-0.15, -0.1) is 22.7 Å². The van der Waals surface area contributed by atoms with Crippen LogP contribution in [-0.2, 0) is 6.54 Å². The van der Waals surface area contributed by atoms with Gasteiger partial charge in [-0.25, -0.2) is 4.98 Å². The van der Waals surface area contributed by atoms with Crippen LogP contribution in [0.4, 0.5) is 0 Å². The van der Waals surface area contributed by atoms with E-state index in [0.717, 1.165) is 35.9 Å². The van der Waals surface area contributed by atoms with Crippen molar-refractivity contribution in [2.24, 2.45) is 5.92 Å². The van der Waals surface area contributed by atoms with Gasteiger partial charge >= 0.3 is 0 Å². The van der Waals surface area contributed by atoms with E-state index in [0.29, 0.717) is 5.92 Å². The number of amides is 1. The molecule has 0 bridgehead atoms. The first-order valence-corrected chi connectivity index (χ1v) is 9.29. The molecule has 1 fully saturated rings. The van der Waals surface area contributed by atoms with Crippen molar-refractivity contribution in [3.05, 3.63) is 38.5 Å². The number of carbonyl (C=O) groups excluding carboxylic acids is 1. The summed E-state index contributed by atoms with van der Waals surface area (Å²) in [7, 11) is 0. The molecule has 0 radical (unpaired) electrons. The maximum Gasteiger partial charge on any atom is 0.261 e. The van der Waals surface area contributed by atoms with Gasteiger partial charge in [-0.3, -0.25) is 9.69 Å². The quantitative estimate of drug-likeness (QED) is 0.933. The Kier molecular flexibility index (Phi) is 4.90. The maximum atomic E-state index is 12.2. The molecule has 0 aliphatic carbocycles. The third-order valence-corrected chi connectivity index (χ3v) is 5.87. The molecule has 0 saturated carbocycles. The van der Waals surface area contributed by atoms with E-state index in [1.165, 1.54) is 16.2 Å². The van der Waals surface area contributed by atoms with E-state index < -0.39 is 0 Å². The molecule has 1 N–H and O–H groups in total. The summed E-state index contributed by atoms with van der Waals surface area (Å²) >= 11 is 3.27. The molecule has 2 aromatic heterocycles. The molecule has 0 spiro atoms. The van der Waals surface area contributed by atoms with Gasteiger partial charge in [0.05, 0.1) is 9.88 Å². The van der Waals surface area contributed by atoms with Gasteiger partial charge in [0, 0.05) is 36.8 Å². The number of hydrogen-bond acceptors (Lipinski definition) is 5. The summed E-state index contributed by atoms with van der Waals surface area (Å²) in [4.78, 5) is 21.1. The minimum atomic E-state index is 0.0679. The summed E-state index contributed by atoms with van der Waals surface area (Å²) in [5.74, 6) is 0.532. The highest BCUT2D eigenvalue weighted by Crippen LogP contribution is 2.22. The molecule has 2 atom stereocenters. The first-order valence-electron chi connectivity index (χ1n) is 7.60. The molecule has 2 aromatic rings. The normalized spacial score (nSPS) is 22.6. The minimum Gasteiger partial charge on any atom is -0.348 e. The largest absolute Gasteiger partial charge is 0.348 e. The SMILES string of the molecule is Cc1ncc(CN2CC[C@H](NC(=O)c3cccs3)[C@@H](C)C2)s1. The van der Waals surface area contributed by atoms with Crippen molar-refractivity contribution in [3.8, 4) is 0 Å². The average Bonchev–Trinajstić information content (AvgIpc) is 3.13. The second-order valence-electron chi connectivity index (χ2n) is 5.90. The number of piperidine rings is 1. The van der Waals surface area contributed by atoms with E-state index in [-0.39, 0.29) is 11.9 Å².